The number of nitrogens with zero attached hydrogens (tertiary/aromatic N) is 1. The lowest BCUT2D eigenvalue weighted by atomic mass is 10.0. The number of amides is 4. The van der Waals surface area contributed by atoms with E-state index in [4.69, 9.17) is 4.74 Å². The van der Waals surface area contributed by atoms with E-state index >= 15 is 0 Å². The van der Waals surface area contributed by atoms with Crippen LogP contribution in [0.2, 0.25) is 0 Å². The average molecular weight is 441 g/mol. The highest BCUT2D eigenvalue weighted by Gasteiger charge is 2.17. The number of nitro benzene ring substituents is 1. The zero-order chi connectivity index (χ0) is 22.9. The SMILES string of the molecule is CCC(NC(=O)Nc1ccc(NC(=O)NCC2CCCO2)cc1)c1cccc([N+](=O)[O-])c1. The zero-order valence-electron chi connectivity index (χ0n) is 17.8. The first kappa shape index (κ1) is 23.0. The Kier molecular flexibility index (Phi) is 7.98. The predicted molar refractivity (Wildman–Crippen MR) is 121 cm³/mol. The summed E-state index contributed by atoms with van der Waals surface area (Å²) in [6.45, 7) is 3.09. The molecule has 1 fully saturated rings. The minimum absolute atomic E-state index is 0.0222. The van der Waals surface area contributed by atoms with Crippen LogP contribution in [0.5, 0.6) is 0 Å². The zero-order valence-corrected chi connectivity index (χ0v) is 17.8. The van der Waals surface area contributed by atoms with Crippen molar-refractivity contribution in [2.45, 2.75) is 38.3 Å². The molecule has 32 heavy (non-hydrogen) atoms. The second-order valence-corrected chi connectivity index (χ2v) is 7.46. The molecule has 1 aliphatic heterocycles. The van der Waals surface area contributed by atoms with Crippen molar-refractivity contribution in [1.29, 1.82) is 0 Å². The molecule has 1 aliphatic rings. The van der Waals surface area contributed by atoms with Gasteiger partial charge in [0.25, 0.3) is 5.69 Å². The third-order valence-corrected chi connectivity index (χ3v) is 5.11. The van der Waals surface area contributed by atoms with Crippen molar-refractivity contribution in [3.8, 4) is 0 Å². The van der Waals surface area contributed by atoms with Gasteiger partial charge in [0.1, 0.15) is 0 Å². The molecule has 0 bridgehead atoms. The maximum absolute atomic E-state index is 12.4. The molecule has 1 heterocycles. The quantitative estimate of drug-likeness (QED) is 0.360. The van der Waals surface area contributed by atoms with Crippen LogP contribution in [-0.2, 0) is 4.74 Å². The predicted octanol–water partition coefficient (Wildman–Crippen LogP) is 4.17. The Hall–Kier alpha value is -3.66. The molecular weight excluding hydrogens is 414 g/mol. The Balaban J connectivity index is 1.49. The summed E-state index contributed by atoms with van der Waals surface area (Å²) in [5.74, 6) is 0. The highest BCUT2D eigenvalue weighted by atomic mass is 16.6. The molecule has 10 nitrogen and oxygen atoms in total. The summed E-state index contributed by atoms with van der Waals surface area (Å²) in [4.78, 5) is 34.9. The molecule has 0 radical (unpaired) electrons. The van der Waals surface area contributed by atoms with Gasteiger partial charge < -0.3 is 26.0 Å². The molecule has 2 aromatic carbocycles. The highest BCUT2D eigenvalue weighted by molar-refractivity contribution is 5.91. The van der Waals surface area contributed by atoms with E-state index in [1.165, 1.54) is 12.1 Å². The Morgan fingerprint density at radius 3 is 2.41 bits per heavy atom. The number of nitro groups is 1. The van der Waals surface area contributed by atoms with Crippen LogP contribution in [-0.4, -0.2) is 36.2 Å². The van der Waals surface area contributed by atoms with Gasteiger partial charge in [0.05, 0.1) is 17.1 Å². The van der Waals surface area contributed by atoms with E-state index in [9.17, 15) is 19.7 Å². The van der Waals surface area contributed by atoms with Gasteiger partial charge in [-0.3, -0.25) is 10.1 Å². The van der Waals surface area contributed by atoms with Crippen molar-refractivity contribution in [2.75, 3.05) is 23.8 Å². The van der Waals surface area contributed by atoms with Gasteiger partial charge in [0.2, 0.25) is 0 Å². The van der Waals surface area contributed by atoms with E-state index in [-0.39, 0.29) is 23.9 Å². The Morgan fingerprint density at radius 1 is 1.12 bits per heavy atom. The van der Waals surface area contributed by atoms with Crippen LogP contribution in [0, 0.1) is 10.1 Å². The first-order valence-electron chi connectivity index (χ1n) is 10.5. The number of hydrogen-bond acceptors (Lipinski definition) is 5. The fourth-order valence-corrected chi connectivity index (χ4v) is 3.43. The van der Waals surface area contributed by atoms with Crippen LogP contribution in [0.1, 0.15) is 37.8 Å². The van der Waals surface area contributed by atoms with Crippen LogP contribution in [0.4, 0.5) is 26.7 Å². The number of non-ortho nitro benzene ring substituents is 1. The normalized spacial score (nSPS) is 16.1. The van der Waals surface area contributed by atoms with Crippen molar-refractivity contribution >= 4 is 29.1 Å². The van der Waals surface area contributed by atoms with Crippen molar-refractivity contribution in [3.05, 3.63) is 64.2 Å². The minimum Gasteiger partial charge on any atom is -0.376 e. The molecule has 0 spiro atoms. The van der Waals surface area contributed by atoms with Crippen LogP contribution in [0.3, 0.4) is 0 Å². The largest absolute Gasteiger partial charge is 0.376 e. The summed E-state index contributed by atoms with van der Waals surface area (Å²) in [7, 11) is 0. The molecule has 1 saturated heterocycles. The molecule has 0 aliphatic carbocycles. The van der Waals surface area contributed by atoms with Crippen LogP contribution in [0.25, 0.3) is 0 Å². The van der Waals surface area contributed by atoms with Gasteiger partial charge in [-0.2, -0.15) is 0 Å². The molecule has 170 valence electrons. The molecule has 0 saturated carbocycles. The number of ether oxygens (including phenoxy) is 1. The molecule has 2 unspecified atom stereocenters. The number of hydrogen-bond donors (Lipinski definition) is 4. The minimum atomic E-state index is -0.464. The van der Waals surface area contributed by atoms with Gasteiger partial charge in [-0.25, -0.2) is 9.59 Å². The molecule has 0 aromatic heterocycles. The molecule has 2 aromatic rings. The van der Waals surface area contributed by atoms with E-state index in [1.54, 1.807) is 36.4 Å². The number of carbonyl (C=O) groups is 2. The fourth-order valence-electron chi connectivity index (χ4n) is 3.43. The van der Waals surface area contributed by atoms with Crippen LogP contribution >= 0.6 is 0 Å². The van der Waals surface area contributed by atoms with Gasteiger partial charge in [-0.15, -0.1) is 0 Å². The smallest absolute Gasteiger partial charge is 0.319 e. The highest BCUT2D eigenvalue weighted by Crippen LogP contribution is 2.22. The van der Waals surface area contributed by atoms with Crippen molar-refractivity contribution in [2.24, 2.45) is 0 Å². The van der Waals surface area contributed by atoms with Crippen LogP contribution in [0.15, 0.2) is 48.5 Å². The summed E-state index contributed by atoms with van der Waals surface area (Å²) in [6.07, 6.45) is 2.60. The van der Waals surface area contributed by atoms with E-state index < -0.39 is 11.0 Å². The summed E-state index contributed by atoms with van der Waals surface area (Å²) in [5, 5.41) is 22.1. The van der Waals surface area contributed by atoms with E-state index in [2.05, 4.69) is 21.3 Å². The van der Waals surface area contributed by atoms with Gasteiger partial charge >= 0.3 is 12.1 Å². The summed E-state index contributed by atoms with van der Waals surface area (Å²) in [5.41, 5.74) is 1.77. The van der Waals surface area contributed by atoms with Gasteiger partial charge in [-0.05, 0) is 49.1 Å². The fraction of sp³-hybridized carbons (Fsp3) is 0.364. The topological polar surface area (TPSA) is 135 Å². The Bertz CT molecular complexity index is 944. The maximum atomic E-state index is 12.4. The summed E-state index contributed by atoms with van der Waals surface area (Å²) in [6, 6.07) is 11.8. The van der Waals surface area contributed by atoms with Crippen molar-refractivity contribution in [1.82, 2.24) is 10.6 Å². The van der Waals surface area contributed by atoms with E-state index in [0.717, 1.165) is 19.4 Å². The van der Waals surface area contributed by atoms with E-state index in [1.807, 2.05) is 6.92 Å². The lowest BCUT2D eigenvalue weighted by molar-refractivity contribution is -0.384. The van der Waals surface area contributed by atoms with Gasteiger partial charge in [0, 0.05) is 36.7 Å². The number of rotatable bonds is 8. The standard InChI is InChI=1S/C22H27N5O5/c1-2-20(15-5-3-6-18(13-15)27(30)31)26-22(29)25-17-10-8-16(9-11-17)24-21(28)23-14-19-7-4-12-32-19/h3,5-6,8-11,13,19-20H,2,4,7,12,14H2,1H3,(H2,23,24,28)(H2,25,26,29). The maximum Gasteiger partial charge on any atom is 0.319 e. The van der Waals surface area contributed by atoms with E-state index in [0.29, 0.717) is 29.9 Å². The Morgan fingerprint density at radius 2 is 1.81 bits per heavy atom. The second kappa shape index (κ2) is 11.1. The molecule has 3 rings (SSSR count). The van der Waals surface area contributed by atoms with Crippen LogP contribution < -0.4 is 21.3 Å². The molecular formula is C22H27N5O5. The first-order valence-corrected chi connectivity index (χ1v) is 10.5. The molecule has 4 N–H and O–H groups in total. The molecule has 4 amide bonds. The second-order valence-electron chi connectivity index (χ2n) is 7.46. The molecule has 10 heteroatoms. The lowest BCUT2D eigenvalue weighted by Gasteiger charge is -2.18. The van der Waals surface area contributed by atoms with Crippen molar-refractivity contribution < 1.29 is 19.2 Å². The average Bonchev–Trinajstić information content (AvgIpc) is 3.31. The van der Waals surface area contributed by atoms with Gasteiger partial charge in [0.15, 0.2) is 0 Å². The Labute approximate surface area is 185 Å². The number of nitrogens with one attached hydrogen (secondary N) is 4. The third kappa shape index (κ3) is 6.67. The number of carbonyl (C=O) groups excluding carboxylic acids is 2. The number of anilines is 2. The lowest BCUT2D eigenvalue weighted by Crippen LogP contribution is -2.35. The van der Waals surface area contributed by atoms with Crippen molar-refractivity contribution in [3.63, 3.8) is 0 Å². The third-order valence-electron chi connectivity index (χ3n) is 5.11. The molecule has 2 atom stereocenters. The first-order chi connectivity index (χ1) is 15.4. The number of urea groups is 2. The monoisotopic (exact) mass is 441 g/mol. The van der Waals surface area contributed by atoms with Gasteiger partial charge in [-0.1, -0.05) is 19.1 Å². The number of benzene rings is 2. The summed E-state index contributed by atoms with van der Waals surface area (Å²) < 4.78 is 5.47. The summed E-state index contributed by atoms with van der Waals surface area (Å²) >= 11 is 0.